The molecular weight excluding hydrogens is 376 g/mol. The minimum absolute atomic E-state index is 0.133. The molecule has 0 atom stereocenters. The van der Waals surface area contributed by atoms with Gasteiger partial charge < -0.3 is 15.0 Å². The standard InChI is InChI=1S/C25H30N2O3/c1-2-3-18-30-22-14-12-21(13-15-22)24(28)26-23(19-20-10-6-4-7-11-20)25(29)27-16-8-5-9-17-27/h4,6-7,10-15,19H,2-3,5,8-9,16-18H2,1H3,(H,26,28)/b23-19+. The number of nitrogens with one attached hydrogen (secondary N) is 1. The number of hydrogen-bond acceptors (Lipinski definition) is 3. The number of rotatable bonds is 8. The molecule has 0 spiro atoms. The van der Waals surface area contributed by atoms with Crippen molar-refractivity contribution in [2.24, 2.45) is 0 Å². The van der Waals surface area contributed by atoms with Gasteiger partial charge in [0, 0.05) is 18.7 Å². The van der Waals surface area contributed by atoms with Crippen LogP contribution < -0.4 is 10.1 Å². The molecule has 1 heterocycles. The second kappa shape index (κ2) is 11.2. The van der Waals surface area contributed by atoms with E-state index >= 15 is 0 Å². The summed E-state index contributed by atoms with van der Waals surface area (Å²) in [6.07, 6.45) is 6.95. The number of carbonyl (C=O) groups is 2. The maximum Gasteiger partial charge on any atom is 0.270 e. The Hall–Kier alpha value is -3.08. The highest BCUT2D eigenvalue weighted by Gasteiger charge is 2.22. The first-order chi connectivity index (χ1) is 14.7. The van der Waals surface area contributed by atoms with Gasteiger partial charge in [0.2, 0.25) is 0 Å². The van der Waals surface area contributed by atoms with E-state index in [2.05, 4.69) is 12.2 Å². The van der Waals surface area contributed by atoms with E-state index in [0.29, 0.717) is 17.9 Å². The van der Waals surface area contributed by atoms with Gasteiger partial charge in [0.05, 0.1) is 6.61 Å². The van der Waals surface area contributed by atoms with Gasteiger partial charge in [-0.2, -0.15) is 0 Å². The molecule has 2 amide bonds. The Labute approximate surface area is 178 Å². The monoisotopic (exact) mass is 406 g/mol. The van der Waals surface area contributed by atoms with E-state index in [0.717, 1.165) is 56.5 Å². The second-order valence-corrected chi connectivity index (χ2v) is 7.50. The molecule has 1 fully saturated rings. The lowest BCUT2D eigenvalue weighted by molar-refractivity contribution is -0.128. The average Bonchev–Trinajstić information content (AvgIpc) is 2.80. The SMILES string of the molecule is CCCCOc1ccc(C(=O)N/C(=C/c2ccccc2)C(=O)N2CCCCC2)cc1. The number of amides is 2. The largest absolute Gasteiger partial charge is 0.494 e. The summed E-state index contributed by atoms with van der Waals surface area (Å²) >= 11 is 0. The third-order valence-electron chi connectivity index (χ3n) is 5.12. The molecule has 0 aliphatic carbocycles. The smallest absolute Gasteiger partial charge is 0.270 e. The Balaban J connectivity index is 1.74. The highest BCUT2D eigenvalue weighted by molar-refractivity contribution is 6.05. The molecular formula is C25H30N2O3. The highest BCUT2D eigenvalue weighted by atomic mass is 16.5. The number of likely N-dealkylation sites (tertiary alicyclic amines) is 1. The van der Waals surface area contributed by atoms with Crippen molar-refractivity contribution in [3.05, 3.63) is 71.4 Å². The Morgan fingerprint density at radius 2 is 1.70 bits per heavy atom. The van der Waals surface area contributed by atoms with E-state index < -0.39 is 0 Å². The van der Waals surface area contributed by atoms with Crippen molar-refractivity contribution in [2.45, 2.75) is 39.0 Å². The van der Waals surface area contributed by atoms with Crippen LogP contribution in [0.15, 0.2) is 60.3 Å². The Morgan fingerprint density at radius 1 is 1.00 bits per heavy atom. The Bertz CT molecular complexity index is 854. The van der Waals surface area contributed by atoms with Crippen molar-refractivity contribution >= 4 is 17.9 Å². The number of carbonyl (C=O) groups excluding carboxylic acids is 2. The zero-order chi connectivity index (χ0) is 21.2. The van der Waals surface area contributed by atoms with Crippen molar-refractivity contribution in [1.82, 2.24) is 10.2 Å². The quantitative estimate of drug-likeness (QED) is 0.513. The molecule has 0 radical (unpaired) electrons. The van der Waals surface area contributed by atoms with Gasteiger partial charge in [0.15, 0.2) is 0 Å². The summed E-state index contributed by atoms with van der Waals surface area (Å²) in [6.45, 7) is 4.23. The summed E-state index contributed by atoms with van der Waals surface area (Å²) in [7, 11) is 0. The third-order valence-corrected chi connectivity index (χ3v) is 5.12. The van der Waals surface area contributed by atoms with Crippen molar-refractivity contribution in [2.75, 3.05) is 19.7 Å². The number of benzene rings is 2. The minimum atomic E-state index is -0.303. The molecule has 3 rings (SSSR count). The van der Waals surface area contributed by atoms with Crippen LogP contribution in [-0.4, -0.2) is 36.4 Å². The third kappa shape index (κ3) is 6.21. The number of ether oxygens (including phenoxy) is 1. The molecule has 0 bridgehead atoms. The van der Waals surface area contributed by atoms with Gasteiger partial charge in [-0.1, -0.05) is 43.7 Å². The first kappa shape index (κ1) is 21.6. The van der Waals surface area contributed by atoms with Crippen LogP contribution in [0.2, 0.25) is 0 Å². The zero-order valence-electron chi connectivity index (χ0n) is 17.6. The van der Waals surface area contributed by atoms with Gasteiger partial charge in [0.25, 0.3) is 11.8 Å². The lowest BCUT2D eigenvalue weighted by Gasteiger charge is -2.27. The first-order valence-corrected chi connectivity index (χ1v) is 10.8. The van der Waals surface area contributed by atoms with Gasteiger partial charge in [-0.3, -0.25) is 9.59 Å². The van der Waals surface area contributed by atoms with Gasteiger partial charge in [-0.05, 0) is 61.6 Å². The van der Waals surface area contributed by atoms with E-state index in [1.165, 1.54) is 0 Å². The zero-order valence-corrected chi connectivity index (χ0v) is 17.6. The number of piperidine rings is 1. The topological polar surface area (TPSA) is 58.6 Å². The molecule has 158 valence electrons. The Kier molecular flexibility index (Phi) is 8.07. The van der Waals surface area contributed by atoms with E-state index in [-0.39, 0.29) is 11.8 Å². The highest BCUT2D eigenvalue weighted by Crippen LogP contribution is 2.16. The van der Waals surface area contributed by atoms with E-state index in [4.69, 9.17) is 4.74 Å². The predicted octanol–water partition coefficient (Wildman–Crippen LogP) is 4.65. The second-order valence-electron chi connectivity index (χ2n) is 7.50. The van der Waals surface area contributed by atoms with Crippen LogP contribution in [0, 0.1) is 0 Å². The molecule has 30 heavy (non-hydrogen) atoms. The van der Waals surface area contributed by atoms with Crippen LogP contribution in [0.25, 0.3) is 6.08 Å². The van der Waals surface area contributed by atoms with Crippen molar-refractivity contribution in [1.29, 1.82) is 0 Å². The van der Waals surface area contributed by atoms with Gasteiger partial charge in [-0.25, -0.2) is 0 Å². The van der Waals surface area contributed by atoms with Crippen LogP contribution in [0.5, 0.6) is 5.75 Å². The van der Waals surface area contributed by atoms with Crippen LogP contribution >= 0.6 is 0 Å². The van der Waals surface area contributed by atoms with Crippen LogP contribution in [0.3, 0.4) is 0 Å². The minimum Gasteiger partial charge on any atom is -0.494 e. The van der Waals surface area contributed by atoms with Crippen molar-refractivity contribution in [3.8, 4) is 5.75 Å². The summed E-state index contributed by atoms with van der Waals surface area (Å²) < 4.78 is 5.65. The van der Waals surface area contributed by atoms with E-state index in [1.54, 1.807) is 30.3 Å². The molecule has 5 nitrogen and oxygen atoms in total. The number of nitrogens with zero attached hydrogens (tertiary/aromatic N) is 1. The van der Waals surface area contributed by atoms with E-state index in [1.807, 2.05) is 35.2 Å². The van der Waals surface area contributed by atoms with E-state index in [9.17, 15) is 9.59 Å². The molecule has 1 aliphatic heterocycles. The summed E-state index contributed by atoms with van der Waals surface area (Å²) in [5.74, 6) is 0.304. The molecule has 0 aromatic heterocycles. The van der Waals surface area contributed by atoms with Gasteiger partial charge in [-0.15, -0.1) is 0 Å². The van der Waals surface area contributed by atoms with Gasteiger partial charge in [0.1, 0.15) is 11.4 Å². The molecule has 5 heteroatoms. The molecule has 0 saturated carbocycles. The molecule has 2 aromatic rings. The maximum absolute atomic E-state index is 13.1. The fraction of sp³-hybridized carbons (Fsp3) is 0.360. The lowest BCUT2D eigenvalue weighted by Crippen LogP contribution is -2.41. The molecule has 1 aliphatic rings. The molecule has 1 N–H and O–H groups in total. The summed E-state index contributed by atoms with van der Waals surface area (Å²) in [5.41, 5.74) is 1.66. The summed E-state index contributed by atoms with van der Waals surface area (Å²) in [6, 6.07) is 16.6. The van der Waals surface area contributed by atoms with Crippen LogP contribution in [0.1, 0.15) is 54.9 Å². The lowest BCUT2D eigenvalue weighted by atomic mass is 10.1. The average molecular weight is 407 g/mol. The first-order valence-electron chi connectivity index (χ1n) is 10.8. The van der Waals surface area contributed by atoms with Crippen molar-refractivity contribution < 1.29 is 14.3 Å². The summed E-state index contributed by atoms with van der Waals surface area (Å²) in [5, 5.41) is 2.84. The number of unbranched alkanes of at least 4 members (excludes halogenated alkanes) is 1. The van der Waals surface area contributed by atoms with Crippen LogP contribution in [0.4, 0.5) is 0 Å². The predicted molar refractivity (Wildman–Crippen MR) is 119 cm³/mol. The Morgan fingerprint density at radius 3 is 2.37 bits per heavy atom. The number of hydrogen-bond donors (Lipinski definition) is 1. The fourth-order valence-electron chi connectivity index (χ4n) is 3.37. The normalized spacial score (nSPS) is 14.3. The van der Waals surface area contributed by atoms with Crippen molar-refractivity contribution in [3.63, 3.8) is 0 Å². The molecule has 2 aromatic carbocycles. The summed E-state index contributed by atoms with van der Waals surface area (Å²) in [4.78, 5) is 27.8. The maximum atomic E-state index is 13.1. The van der Waals surface area contributed by atoms with Gasteiger partial charge >= 0.3 is 0 Å². The van der Waals surface area contributed by atoms with Crippen LogP contribution in [-0.2, 0) is 4.79 Å². The molecule has 0 unspecified atom stereocenters. The molecule has 1 saturated heterocycles. The fourth-order valence-corrected chi connectivity index (χ4v) is 3.37.